The zero-order valence-corrected chi connectivity index (χ0v) is 12.5. The Morgan fingerprint density at radius 2 is 2.06 bits per heavy atom. The first-order valence-electron chi connectivity index (χ1n) is 6.32. The van der Waals surface area contributed by atoms with E-state index in [9.17, 15) is 5.11 Å². The molecular weight excluding hydrogens is 294 g/mol. The second-order valence-corrected chi connectivity index (χ2v) is 5.96. The van der Waals surface area contributed by atoms with Gasteiger partial charge in [-0.1, -0.05) is 28.8 Å². The summed E-state index contributed by atoms with van der Waals surface area (Å²) in [5, 5.41) is 10.4. The lowest BCUT2D eigenvalue weighted by Crippen LogP contribution is -2.32. The average molecular weight is 314 g/mol. The van der Waals surface area contributed by atoms with Gasteiger partial charge in [-0.05, 0) is 25.8 Å². The lowest BCUT2D eigenvalue weighted by molar-refractivity contribution is 0.352. The third-order valence-electron chi connectivity index (χ3n) is 4.17. The maximum atomic E-state index is 10.4. The molecule has 4 heteroatoms. The predicted molar refractivity (Wildman–Crippen MR) is 76.3 cm³/mol. The summed E-state index contributed by atoms with van der Waals surface area (Å²) in [5.41, 5.74) is 7.74. The molecule has 0 aromatic heterocycles. The van der Waals surface area contributed by atoms with Crippen molar-refractivity contribution >= 4 is 15.9 Å². The molecular formula is C14H20BrNO2. The zero-order valence-electron chi connectivity index (χ0n) is 10.9. The van der Waals surface area contributed by atoms with Gasteiger partial charge in [-0.2, -0.15) is 0 Å². The van der Waals surface area contributed by atoms with Crippen LogP contribution in [0, 0.1) is 6.92 Å². The van der Waals surface area contributed by atoms with Crippen molar-refractivity contribution in [3.05, 3.63) is 21.7 Å². The fourth-order valence-electron chi connectivity index (χ4n) is 3.00. The van der Waals surface area contributed by atoms with Gasteiger partial charge in [0, 0.05) is 27.6 Å². The van der Waals surface area contributed by atoms with E-state index in [0.717, 1.165) is 28.4 Å². The summed E-state index contributed by atoms with van der Waals surface area (Å²) in [6.07, 6.45) is 4.42. The highest BCUT2D eigenvalue weighted by Crippen LogP contribution is 2.49. The Labute approximate surface area is 116 Å². The van der Waals surface area contributed by atoms with Gasteiger partial charge in [-0.25, -0.2) is 0 Å². The van der Waals surface area contributed by atoms with Crippen LogP contribution >= 0.6 is 15.9 Å². The summed E-state index contributed by atoms with van der Waals surface area (Å²) in [6, 6.07) is 2.01. The Morgan fingerprint density at radius 1 is 1.44 bits per heavy atom. The number of phenolic OH excluding ortho intramolecular Hbond substituents is 1. The van der Waals surface area contributed by atoms with Gasteiger partial charge in [0.1, 0.15) is 0 Å². The fraction of sp³-hybridized carbons (Fsp3) is 0.571. The minimum absolute atomic E-state index is 0.0897. The molecule has 0 aliphatic heterocycles. The predicted octanol–water partition coefficient (Wildman–Crippen LogP) is 3.24. The van der Waals surface area contributed by atoms with Gasteiger partial charge in [0.05, 0.1) is 7.11 Å². The normalized spacial score (nSPS) is 18.0. The number of methoxy groups -OCH3 is 1. The van der Waals surface area contributed by atoms with E-state index in [1.54, 1.807) is 7.11 Å². The molecule has 0 heterocycles. The molecule has 1 aromatic carbocycles. The molecule has 1 saturated carbocycles. The van der Waals surface area contributed by atoms with E-state index in [2.05, 4.69) is 15.9 Å². The van der Waals surface area contributed by atoms with Crippen molar-refractivity contribution in [2.24, 2.45) is 5.73 Å². The molecule has 0 atom stereocenters. The van der Waals surface area contributed by atoms with Crippen molar-refractivity contribution in [2.45, 2.75) is 38.0 Å². The van der Waals surface area contributed by atoms with Crippen LogP contribution in [0.15, 0.2) is 10.5 Å². The van der Waals surface area contributed by atoms with Gasteiger partial charge in [0.15, 0.2) is 11.5 Å². The van der Waals surface area contributed by atoms with E-state index in [4.69, 9.17) is 10.5 Å². The number of phenols is 1. The Bertz CT molecular complexity index is 454. The van der Waals surface area contributed by atoms with Gasteiger partial charge in [-0.15, -0.1) is 0 Å². The highest BCUT2D eigenvalue weighted by Gasteiger charge is 2.37. The number of benzene rings is 1. The van der Waals surface area contributed by atoms with Crippen molar-refractivity contribution in [3.8, 4) is 11.5 Å². The molecule has 0 bridgehead atoms. The van der Waals surface area contributed by atoms with Crippen molar-refractivity contribution in [1.29, 1.82) is 0 Å². The van der Waals surface area contributed by atoms with Crippen LogP contribution in [-0.4, -0.2) is 18.8 Å². The second-order valence-electron chi connectivity index (χ2n) is 5.10. The maximum absolute atomic E-state index is 10.4. The minimum atomic E-state index is -0.0897. The van der Waals surface area contributed by atoms with E-state index in [-0.39, 0.29) is 11.2 Å². The van der Waals surface area contributed by atoms with Crippen molar-refractivity contribution in [3.63, 3.8) is 0 Å². The van der Waals surface area contributed by atoms with E-state index in [1.807, 2.05) is 13.0 Å². The van der Waals surface area contributed by atoms with E-state index < -0.39 is 0 Å². The summed E-state index contributed by atoms with van der Waals surface area (Å²) >= 11 is 3.54. The van der Waals surface area contributed by atoms with Crippen molar-refractivity contribution in [1.82, 2.24) is 0 Å². The van der Waals surface area contributed by atoms with Gasteiger partial charge in [0.25, 0.3) is 0 Å². The summed E-state index contributed by atoms with van der Waals surface area (Å²) in [4.78, 5) is 0. The fourth-order valence-corrected chi connectivity index (χ4v) is 3.41. The van der Waals surface area contributed by atoms with Gasteiger partial charge in [-0.3, -0.25) is 0 Å². The number of nitrogens with two attached hydrogens (primary N) is 1. The highest BCUT2D eigenvalue weighted by molar-refractivity contribution is 9.10. The molecule has 0 spiro atoms. The first-order valence-corrected chi connectivity index (χ1v) is 7.11. The van der Waals surface area contributed by atoms with Gasteiger partial charge < -0.3 is 15.6 Å². The SMILES string of the molecule is COc1c(C)c(Br)cc(C2(CN)CCCC2)c1O. The molecule has 1 aliphatic carbocycles. The Hall–Kier alpha value is -0.740. The summed E-state index contributed by atoms with van der Waals surface area (Å²) < 4.78 is 6.29. The third kappa shape index (κ3) is 2.01. The lowest BCUT2D eigenvalue weighted by Gasteiger charge is -2.30. The molecule has 0 saturated heterocycles. The van der Waals surface area contributed by atoms with Gasteiger partial charge >= 0.3 is 0 Å². The van der Waals surface area contributed by atoms with Crippen LogP contribution in [0.25, 0.3) is 0 Å². The minimum Gasteiger partial charge on any atom is -0.504 e. The molecule has 3 nitrogen and oxygen atoms in total. The summed E-state index contributed by atoms with van der Waals surface area (Å²) in [5.74, 6) is 0.810. The first kappa shape index (κ1) is 13.7. The summed E-state index contributed by atoms with van der Waals surface area (Å²) in [6.45, 7) is 2.50. The van der Waals surface area contributed by atoms with E-state index >= 15 is 0 Å². The molecule has 1 fully saturated rings. The molecule has 18 heavy (non-hydrogen) atoms. The maximum Gasteiger partial charge on any atom is 0.164 e. The average Bonchev–Trinajstić information content (AvgIpc) is 2.84. The highest BCUT2D eigenvalue weighted by atomic mass is 79.9. The van der Waals surface area contributed by atoms with Gasteiger partial charge in [0.2, 0.25) is 0 Å². The molecule has 0 unspecified atom stereocenters. The van der Waals surface area contributed by atoms with E-state index in [0.29, 0.717) is 12.3 Å². The molecule has 1 aliphatic rings. The standard InChI is InChI=1S/C14H20BrNO2/c1-9-11(15)7-10(12(17)13(9)18-2)14(8-16)5-3-4-6-14/h7,17H,3-6,8,16H2,1-2H3. The monoisotopic (exact) mass is 313 g/mol. The zero-order chi connectivity index (χ0) is 13.3. The van der Waals surface area contributed by atoms with Crippen LogP contribution < -0.4 is 10.5 Å². The third-order valence-corrected chi connectivity index (χ3v) is 4.99. The molecule has 3 N–H and O–H groups in total. The topological polar surface area (TPSA) is 55.5 Å². The van der Waals surface area contributed by atoms with Crippen LogP contribution in [-0.2, 0) is 5.41 Å². The molecule has 0 radical (unpaired) electrons. The number of rotatable bonds is 3. The Balaban J connectivity index is 2.60. The molecule has 100 valence electrons. The van der Waals surface area contributed by atoms with Crippen LogP contribution in [0.2, 0.25) is 0 Å². The lowest BCUT2D eigenvalue weighted by atomic mass is 9.78. The number of hydrogen-bond donors (Lipinski definition) is 2. The smallest absolute Gasteiger partial charge is 0.164 e. The quantitative estimate of drug-likeness (QED) is 0.900. The first-order chi connectivity index (χ1) is 8.55. The van der Waals surface area contributed by atoms with Crippen molar-refractivity contribution in [2.75, 3.05) is 13.7 Å². The molecule has 0 amide bonds. The Kier molecular flexibility index (Phi) is 3.87. The summed E-state index contributed by atoms with van der Waals surface area (Å²) in [7, 11) is 1.59. The molecule has 1 aromatic rings. The van der Waals surface area contributed by atoms with E-state index in [1.165, 1.54) is 12.8 Å². The Morgan fingerprint density at radius 3 is 2.56 bits per heavy atom. The number of hydrogen-bond acceptors (Lipinski definition) is 3. The van der Waals surface area contributed by atoms with Crippen LogP contribution in [0.3, 0.4) is 0 Å². The second kappa shape index (κ2) is 5.10. The number of aromatic hydroxyl groups is 1. The van der Waals surface area contributed by atoms with Crippen LogP contribution in [0.1, 0.15) is 36.8 Å². The number of halogens is 1. The molecule has 2 rings (SSSR count). The van der Waals surface area contributed by atoms with Crippen molar-refractivity contribution < 1.29 is 9.84 Å². The van der Waals surface area contributed by atoms with Crippen LogP contribution in [0.4, 0.5) is 0 Å². The van der Waals surface area contributed by atoms with Crippen LogP contribution in [0.5, 0.6) is 11.5 Å². The largest absolute Gasteiger partial charge is 0.504 e. The number of ether oxygens (including phenoxy) is 1.